The summed E-state index contributed by atoms with van der Waals surface area (Å²) < 4.78 is 10.1. The van der Waals surface area contributed by atoms with Gasteiger partial charge in [-0.2, -0.15) is 31.5 Å². The van der Waals surface area contributed by atoms with Crippen LogP contribution in [0.1, 0.15) is 68.3 Å². The van der Waals surface area contributed by atoms with Crippen molar-refractivity contribution >= 4 is 0 Å². The molecule has 9 aromatic carbocycles. The molecule has 0 unspecified atom stereocenters. The molecule has 4 nitrogen and oxygen atoms in total. The van der Waals surface area contributed by atoms with Gasteiger partial charge in [-0.3, -0.25) is 5.92 Å². The van der Waals surface area contributed by atoms with Crippen molar-refractivity contribution in [3.05, 3.63) is 264 Å². The van der Waals surface area contributed by atoms with Crippen LogP contribution < -0.4 is 0 Å². The number of aliphatic hydroxyl groups is 2. The molecule has 11 rings (SSSR count). The van der Waals surface area contributed by atoms with E-state index in [2.05, 4.69) is 191 Å². The quantitative estimate of drug-likeness (QED) is 0.0471. The Morgan fingerprint density at radius 2 is 0.784 bits per heavy atom. The molecule has 5 heteroatoms. The molecule has 74 heavy (non-hydrogen) atoms. The van der Waals surface area contributed by atoms with Crippen molar-refractivity contribution in [1.29, 1.82) is 0 Å². The van der Waals surface area contributed by atoms with Gasteiger partial charge < -0.3 is 19.7 Å². The van der Waals surface area contributed by atoms with Crippen molar-refractivity contribution < 1.29 is 45.5 Å². The Hall–Kier alpha value is -8.53. The number of aryl methyl sites for hydroxylation is 2. The van der Waals surface area contributed by atoms with E-state index in [4.69, 9.17) is 15.9 Å². The summed E-state index contributed by atoms with van der Waals surface area (Å²) in [5.74, 6) is 13.7. The van der Waals surface area contributed by atoms with Crippen LogP contribution in [0.2, 0.25) is 0 Å². The molecule has 0 bridgehead atoms. The van der Waals surface area contributed by atoms with Gasteiger partial charge in [0.1, 0.15) is 17.9 Å². The first-order chi connectivity index (χ1) is 35.8. The Bertz CT molecular complexity index is 3330. The van der Waals surface area contributed by atoms with Gasteiger partial charge in [-0.1, -0.05) is 140 Å². The molecule has 0 aromatic heterocycles. The predicted octanol–water partition coefficient (Wildman–Crippen LogP) is 15.3. The van der Waals surface area contributed by atoms with Crippen LogP contribution in [0.4, 0.5) is 0 Å². The van der Waals surface area contributed by atoms with Gasteiger partial charge in [0.05, 0.1) is 11.1 Å². The zero-order chi connectivity index (χ0) is 50.7. The average Bonchev–Trinajstić information content (AvgIpc) is 3.94. The van der Waals surface area contributed by atoms with Crippen LogP contribution >= 0.6 is 0 Å². The molecule has 2 aliphatic carbocycles. The molecule has 9 aromatic rings. The summed E-state index contributed by atoms with van der Waals surface area (Å²) in [6.07, 6.45) is 5.50. The SMILES string of the molecule is C#CC#CC#C[CH2-].Cc1cc(-c2ccccc2[OH+]CCC[OH+]c2ccccc2-c2cc(C)cc(C3c4ccccc4-c4ccccc43)c2O)c(O)c(C2c3ccccc3-c3ccccc32)c1.[CH2-]c1ccccc1.[Hf]. The van der Waals surface area contributed by atoms with Gasteiger partial charge in [0.2, 0.25) is 0 Å². The van der Waals surface area contributed by atoms with Crippen molar-refractivity contribution in [3.63, 3.8) is 0 Å². The Morgan fingerprint density at radius 1 is 0.432 bits per heavy atom. The fourth-order valence-corrected chi connectivity index (χ4v) is 10.2. The summed E-state index contributed by atoms with van der Waals surface area (Å²) in [5.41, 5.74) is 18.2. The van der Waals surface area contributed by atoms with Crippen LogP contribution in [-0.2, 0) is 25.8 Å². The first kappa shape index (κ1) is 51.8. The number of phenolic OH excluding ortho intramolecular Hbond substituents is 2. The molecule has 0 atom stereocenters. The monoisotopic (exact) mass is 1130 g/mol. The van der Waals surface area contributed by atoms with Crippen LogP contribution in [-0.4, -0.2) is 32.9 Å². The number of phenols is 2. The Balaban J connectivity index is 0.000000425. The Labute approximate surface area is 455 Å². The molecule has 0 aliphatic heterocycles. The third-order valence-corrected chi connectivity index (χ3v) is 13.3. The van der Waals surface area contributed by atoms with Crippen molar-refractivity contribution in [2.45, 2.75) is 32.1 Å². The van der Waals surface area contributed by atoms with Crippen LogP contribution in [0.15, 0.2) is 200 Å². The number of hydrogen-bond acceptors (Lipinski definition) is 2. The molecule has 360 valence electrons. The van der Waals surface area contributed by atoms with Crippen molar-refractivity contribution in [1.82, 2.24) is 0 Å². The molecule has 0 saturated carbocycles. The maximum absolute atomic E-state index is 12.1. The molecular formula is C69H56HfO4. The molecule has 0 spiro atoms. The van der Waals surface area contributed by atoms with E-state index in [1.807, 2.05) is 66.7 Å². The first-order valence-corrected chi connectivity index (χ1v) is 24.4. The second-order valence-corrected chi connectivity index (χ2v) is 18.0. The summed E-state index contributed by atoms with van der Waals surface area (Å²) in [4.78, 5) is 0. The normalized spacial score (nSPS) is 11.3. The number of hydrogen-bond donors (Lipinski definition) is 2. The topological polar surface area (TPSA) is 66.1 Å². The number of para-hydroxylation sites is 2. The average molecular weight is 1130 g/mol. The summed E-state index contributed by atoms with van der Waals surface area (Å²) in [7, 11) is 0. The molecule has 0 fully saturated rings. The second-order valence-electron chi connectivity index (χ2n) is 18.0. The van der Waals surface area contributed by atoms with Gasteiger partial charge in [0.25, 0.3) is 11.5 Å². The minimum atomic E-state index is -0.0564. The molecule has 0 radical (unpaired) electrons. The van der Waals surface area contributed by atoms with E-state index < -0.39 is 0 Å². The van der Waals surface area contributed by atoms with Crippen molar-refractivity contribution in [3.8, 4) is 104 Å². The number of fused-ring (bicyclic) bond motifs is 6. The van der Waals surface area contributed by atoms with Gasteiger partial charge in [-0.25, -0.2) is 5.92 Å². The Morgan fingerprint density at radius 3 is 1.14 bits per heavy atom. The summed E-state index contributed by atoms with van der Waals surface area (Å²) in [5, 5.41) is 24.2. The fraction of sp³-hybridized carbons (Fsp3) is 0.101. The number of benzene rings is 9. The molecule has 0 saturated heterocycles. The standard InChI is InChI=1S/C55H44O4.C7H7.C7H3.Hf/c1-34-30-46(54(56)48(32-34)52-42-22-7-3-16-36(42)37-17-4-8-23-43(37)52)40-20-11-13-26-50(40)58-28-15-29-59-51-27-14-12-21-41(51)47-31-35(2)33-49(55(47)57)53-44-24-9-5-18-38(44)39-19-6-10-25-45(39)53;1-7-5-3-2-4-6-7;1-3-5-7-6-4-2;/h3-14,16-27,30-33,52-53,56-57H,15,28-29H2,1-2H3;2-6H,1H2;1H,2H2;/q;2*-1;/p+2. The van der Waals surface area contributed by atoms with Gasteiger partial charge in [0.15, 0.2) is 13.2 Å². The van der Waals surface area contributed by atoms with E-state index in [9.17, 15) is 10.2 Å². The van der Waals surface area contributed by atoms with Crippen LogP contribution in [0, 0.1) is 63.7 Å². The summed E-state index contributed by atoms with van der Waals surface area (Å²) >= 11 is 0. The maximum atomic E-state index is 12.1. The zero-order valence-electron chi connectivity index (χ0n) is 41.6. The van der Waals surface area contributed by atoms with E-state index in [0.29, 0.717) is 24.7 Å². The third-order valence-electron chi connectivity index (χ3n) is 13.3. The number of terminal acetylenes is 1. The minimum absolute atomic E-state index is 0. The predicted molar refractivity (Wildman–Crippen MR) is 301 cm³/mol. The smallest absolute Gasteiger partial charge is 0.262 e. The third kappa shape index (κ3) is 11.1. The molecule has 0 amide bonds. The largest absolute Gasteiger partial charge is 0.582 e. The van der Waals surface area contributed by atoms with E-state index in [1.54, 1.807) is 0 Å². The van der Waals surface area contributed by atoms with Crippen molar-refractivity contribution in [2.24, 2.45) is 0 Å². The summed E-state index contributed by atoms with van der Waals surface area (Å²) in [6, 6.07) is 68.6. The van der Waals surface area contributed by atoms with Gasteiger partial charge in [-0.15, -0.1) is 24.5 Å². The molecule has 2 aliphatic rings. The number of rotatable bonds is 10. The fourth-order valence-electron chi connectivity index (χ4n) is 10.2. The second kappa shape index (κ2) is 24.3. The molecule has 0 heterocycles. The van der Waals surface area contributed by atoms with E-state index in [-0.39, 0.29) is 37.7 Å². The molecular weight excluding hydrogens is 1070 g/mol. The van der Waals surface area contributed by atoms with Crippen molar-refractivity contribution in [2.75, 3.05) is 13.2 Å². The Kier molecular flexibility index (Phi) is 17.0. The number of ether oxygens (including phenoxy) is 2. The molecule has 4 N–H and O–H groups in total. The maximum Gasteiger partial charge on any atom is 0.262 e. The summed E-state index contributed by atoms with van der Waals surface area (Å²) in [6.45, 7) is 12.3. The van der Waals surface area contributed by atoms with Gasteiger partial charge >= 0.3 is 0 Å². The van der Waals surface area contributed by atoms with Gasteiger partial charge in [-0.05, 0) is 106 Å². The van der Waals surface area contributed by atoms with E-state index >= 15 is 0 Å². The number of aromatic hydroxyl groups is 4. The van der Waals surface area contributed by atoms with E-state index in [0.717, 1.165) is 68.0 Å². The zero-order valence-corrected chi connectivity index (χ0v) is 45.2. The van der Waals surface area contributed by atoms with Crippen LogP contribution in [0.3, 0.4) is 0 Å². The van der Waals surface area contributed by atoms with Crippen LogP contribution in [0.5, 0.6) is 23.0 Å². The minimum Gasteiger partial charge on any atom is -0.582 e. The van der Waals surface area contributed by atoms with E-state index in [1.165, 1.54) is 44.5 Å². The van der Waals surface area contributed by atoms with Gasteiger partial charge in [0, 0.05) is 72.1 Å². The first-order valence-electron chi connectivity index (χ1n) is 24.4. The van der Waals surface area contributed by atoms with Crippen LogP contribution in [0.25, 0.3) is 44.5 Å².